The van der Waals surface area contributed by atoms with Crippen LogP contribution in [0.3, 0.4) is 0 Å². The molecule has 0 aliphatic carbocycles. The van der Waals surface area contributed by atoms with Crippen LogP contribution in [0, 0.1) is 5.82 Å². The van der Waals surface area contributed by atoms with Gasteiger partial charge in [0.25, 0.3) is 0 Å². The number of likely N-dealkylation sites (N-methyl/N-ethyl adjacent to an activating group) is 1. The van der Waals surface area contributed by atoms with Gasteiger partial charge in [-0.3, -0.25) is 4.79 Å². The zero-order valence-corrected chi connectivity index (χ0v) is 16.1. The molecule has 0 aromatic heterocycles. The number of rotatable bonds is 6. The maximum Gasteiger partial charge on any atom is 0.243 e. The van der Waals surface area contributed by atoms with Gasteiger partial charge in [0.15, 0.2) is 5.96 Å². The van der Waals surface area contributed by atoms with Crippen LogP contribution in [0.5, 0.6) is 0 Å². The number of nitrogens with zero attached hydrogens (tertiary/aromatic N) is 3. The fourth-order valence-corrected chi connectivity index (χ4v) is 1.74. The van der Waals surface area contributed by atoms with Crippen molar-refractivity contribution in [1.82, 2.24) is 15.1 Å². The molecular formula is C16H24FIN4O. The lowest BCUT2D eigenvalue weighted by Crippen LogP contribution is -2.39. The van der Waals surface area contributed by atoms with Crippen LogP contribution in [0.15, 0.2) is 41.9 Å². The minimum absolute atomic E-state index is 0. The summed E-state index contributed by atoms with van der Waals surface area (Å²) in [7, 11) is 5.20. The number of nitrogens with one attached hydrogen (secondary N) is 1. The Hall–Kier alpha value is -1.64. The van der Waals surface area contributed by atoms with E-state index >= 15 is 0 Å². The molecule has 0 aliphatic heterocycles. The van der Waals surface area contributed by atoms with E-state index in [2.05, 4.69) is 16.9 Å². The third kappa shape index (κ3) is 7.96. The SMILES string of the molecule is C=CCNC(=NCC(=O)N(C)C)N(C)Cc1cccc(F)c1.I. The molecule has 0 saturated carbocycles. The van der Waals surface area contributed by atoms with E-state index in [1.165, 1.54) is 17.0 Å². The molecule has 0 radical (unpaired) electrons. The van der Waals surface area contributed by atoms with Crippen LogP contribution < -0.4 is 5.32 Å². The van der Waals surface area contributed by atoms with Crippen molar-refractivity contribution < 1.29 is 9.18 Å². The third-order valence-electron chi connectivity index (χ3n) is 2.94. The molecule has 0 spiro atoms. The average Bonchev–Trinajstić information content (AvgIpc) is 2.46. The van der Waals surface area contributed by atoms with Gasteiger partial charge in [0.05, 0.1) is 0 Å². The van der Waals surface area contributed by atoms with E-state index in [0.29, 0.717) is 19.0 Å². The summed E-state index contributed by atoms with van der Waals surface area (Å²) in [5.41, 5.74) is 0.828. The summed E-state index contributed by atoms with van der Waals surface area (Å²) < 4.78 is 13.2. The first-order chi connectivity index (χ1) is 10.4. The fraction of sp³-hybridized carbons (Fsp3) is 0.375. The molecule has 1 aromatic rings. The van der Waals surface area contributed by atoms with Crippen LogP contribution in [0.1, 0.15) is 5.56 Å². The van der Waals surface area contributed by atoms with Gasteiger partial charge in [-0.05, 0) is 17.7 Å². The Kier molecular flexibility index (Phi) is 10.2. The lowest BCUT2D eigenvalue weighted by Gasteiger charge is -2.22. The summed E-state index contributed by atoms with van der Waals surface area (Å²) in [4.78, 5) is 19.3. The molecular weight excluding hydrogens is 410 g/mol. The highest BCUT2D eigenvalue weighted by molar-refractivity contribution is 14.0. The Morgan fingerprint density at radius 2 is 2.09 bits per heavy atom. The first-order valence-corrected chi connectivity index (χ1v) is 6.99. The summed E-state index contributed by atoms with van der Waals surface area (Å²) in [5.74, 6) is 0.211. The van der Waals surface area contributed by atoms with E-state index in [9.17, 15) is 9.18 Å². The van der Waals surface area contributed by atoms with E-state index in [1.807, 2.05) is 18.0 Å². The number of hydrogen-bond donors (Lipinski definition) is 1. The molecule has 0 atom stereocenters. The van der Waals surface area contributed by atoms with E-state index < -0.39 is 0 Å². The normalized spacial score (nSPS) is 10.5. The van der Waals surface area contributed by atoms with Crippen molar-refractivity contribution >= 4 is 35.8 Å². The van der Waals surface area contributed by atoms with E-state index in [-0.39, 0.29) is 42.2 Å². The van der Waals surface area contributed by atoms with E-state index in [0.717, 1.165) is 5.56 Å². The smallest absolute Gasteiger partial charge is 0.243 e. The second-order valence-electron chi connectivity index (χ2n) is 5.08. The largest absolute Gasteiger partial charge is 0.353 e. The molecule has 23 heavy (non-hydrogen) atoms. The van der Waals surface area contributed by atoms with Gasteiger partial charge in [0.2, 0.25) is 5.91 Å². The topological polar surface area (TPSA) is 47.9 Å². The lowest BCUT2D eigenvalue weighted by molar-refractivity contribution is -0.127. The molecule has 0 saturated heterocycles. The van der Waals surface area contributed by atoms with Crippen molar-refractivity contribution in [3.8, 4) is 0 Å². The molecule has 128 valence electrons. The molecule has 0 fully saturated rings. The van der Waals surface area contributed by atoms with Gasteiger partial charge in [-0.25, -0.2) is 9.38 Å². The van der Waals surface area contributed by atoms with Crippen molar-refractivity contribution in [2.45, 2.75) is 6.54 Å². The molecule has 0 bridgehead atoms. The van der Waals surface area contributed by atoms with Crippen LogP contribution >= 0.6 is 24.0 Å². The number of halogens is 2. The van der Waals surface area contributed by atoms with Crippen molar-refractivity contribution in [3.63, 3.8) is 0 Å². The number of benzene rings is 1. The number of carbonyl (C=O) groups excluding carboxylic acids is 1. The zero-order valence-electron chi connectivity index (χ0n) is 13.8. The van der Waals surface area contributed by atoms with Crippen molar-refractivity contribution in [2.75, 3.05) is 34.2 Å². The third-order valence-corrected chi connectivity index (χ3v) is 2.94. The Balaban J connectivity index is 0.00000484. The van der Waals surface area contributed by atoms with Gasteiger partial charge in [-0.1, -0.05) is 18.2 Å². The van der Waals surface area contributed by atoms with E-state index in [1.54, 1.807) is 26.2 Å². The molecule has 1 rings (SSSR count). The second kappa shape index (κ2) is 11.0. The first-order valence-electron chi connectivity index (χ1n) is 6.99. The molecule has 7 heteroatoms. The Labute approximate surface area is 154 Å². The van der Waals surface area contributed by atoms with Gasteiger partial charge in [0, 0.05) is 34.2 Å². The molecule has 1 amide bonds. The number of amides is 1. The summed E-state index contributed by atoms with van der Waals surface area (Å²) in [6.45, 7) is 4.72. The molecule has 0 aliphatic rings. The van der Waals surface area contributed by atoms with Crippen LogP contribution in [0.4, 0.5) is 4.39 Å². The Morgan fingerprint density at radius 1 is 1.39 bits per heavy atom. The van der Waals surface area contributed by atoms with Crippen molar-refractivity contribution in [1.29, 1.82) is 0 Å². The second-order valence-corrected chi connectivity index (χ2v) is 5.08. The van der Waals surface area contributed by atoms with Crippen LogP contribution in [0.2, 0.25) is 0 Å². The highest BCUT2D eigenvalue weighted by atomic mass is 127. The van der Waals surface area contributed by atoms with Gasteiger partial charge in [0.1, 0.15) is 12.4 Å². The lowest BCUT2D eigenvalue weighted by atomic mass is 10.2. The molecule has 1 aromatic carbocycles. The van der Waals surface area contributed by atoms with Crippen LogP contribution in [-0.4, -0.2) is 55.9 Å². The standard InChI is InChI=1S/C16H23FN4O.HI/c1-5-9-18-16(19-11-15(22)20(2)3)21(4)12-13-7-6-8-14(17)10-13;/h5-8,10H,1,9,11-12H2,2-4H3,(H,18,19);1H. The van der Waals surface area contributed by atoms with Crippen molar-refractivity contribution in [3.05, 3.63) is 48.3 Å². The fourth-order valence-electron chi connectivity index (χ4n) is 1.74. The monoisotopic (exact) mass is 434 g/mol. The predicted octanol–water partition coefficient (Wildman–Crippen LogP) is 2.10. The Bertz CT molecular complexity index is 549. The summed E-state index contributed by atoms with van der Waals surface area (Å²) in [6.07, 6.45) is 1.71. The summed E-state index contributed by atoms with van der Waals surface area (Å²) in [5, 5.41) is 3.09. The maximum atomic E-state index is 13.2. The zero-order chi connectivity index (χ0) is 16.5. The van der Waals surface area contributed by atoms with Crippen LogP contribution in [0.25, 0.3) is 0 Å². The van der Waals surface area contributed by atoms with E-state index in [4.69, 9.17) is 0 Å². The summed E-state index contributed by atoms with van der Waals surface area (Å²) in [6, 6.07) is 6.40. The highest BCUT2D eigenvalue weighted by Crippen LogP contribution is 2.06. The quantitative estimate of drug-likeness (QED) is 0.323. The number of carbonyl (C=O) groups is 1. The van der Waals surface area contributed by atoms with Crippen LogP contribution in [-0.2, 0) is 11.3 Å². The minimum atomic E-state index is -0.272. The maximum absolute atomic E-state index is 13.2. The molecule has 0 unspecified atom stereocenters. The van der Waals surface area contributed by atoms with Gasteiger partial charge in [-0.2, -0.15) is 0 Å². The molecule has 1 N–H and O–H groups in total. The van der Waals surface area contributed by atoms with Gasteiger partial charge < -0.3 is 15.1 Å². The molecule has 0 heterocycles. The predicted molar refractivity (Wildman–Crippen MR) is 102 cm³/mol. The number of hydrogen-bond acceptors (Lipinski definition) is 2. The van der Waals surface area contributed by atoms with Crippen molar-refractivity contribution in [2.24, 2.45) is 4.99 Å². The van der Waals surface area contributed by atoms with Gasteiger partial charge in [-0.15, -0.1) is 30.6 Å². The average molecular weight is 434 g/mol. The minimum Gasteiger partial charge on any atom is -0.353 e. The molecule has 5 nitrogen and oxygen atoms in total. The Morgan fingerprint density at radius 3 is 2.65 bits per heavy atom. The number of aliphatic imine (C=N–C) groups is 1. The first kappa shape index (κ1) is 21.4. The highest BCUT2D eigenvalue weighted by Gasteiger charge is 2.09. The summed E-state index contributed by atoms with van der Waals surface area (Å²) >= 11 is 0. The number of guanidine groups is 1. The van der Waals surface area contributed by atoms with Gasteiger partial charge >= 0.3 is 0 Å².